The lowest BCUT2D eigenvalue weighted by Gasteiger charge is -2.26. The third kappa shape index (κ3) is 6.08. The molecule has 0 aliphatic heterocycles. The molecule has 156 valence electrons. The monoisotopic (exact) mass is 420 g/mol. The van der Waals surface area contributed by atoms with Crippen LogP contribution >= 0.6 is 11.6 Å². The van der Waals surface area contributed by atoms with Crippen molar-refractivity contribution in [3.8, 4) is 5.75 Å². The highest BCUT2D eigenvalue weighted by molar-refractivity contribution is 6.31. The van der Waals surface area contributed by atoms with Gasteiger partial charge >= 0.3 is 0 Å². The van der Waals surface area contributed by atoms with Gasteiger partial charge in [-0.3, -0.25) is 10.2 Å². The van der Waals surface area contributed by atoms with E-state index < -0.39 is 0 Å². The zero-order valence-corrected chi connectivity index (χ0v) is 16.9. The fourth-order valence-corrected chi connectivity index (χ4v) is 3.08. The summed E-state index contributed by atoms with van der Waals surface area (Å²) < 4.78 is 5.14. The summed E-state index contributed by atoms with van der Waals surface area (Å²) in [6.07, 6.45) is 0. The maximum atomic E-state index is 12.6. The number of halogens is 1. The quantitative estimate of drug-likeness (QED) is 0.291. The molecule has 0 bridgehead atoms. The van der Waals surface area contributed by atoms with Crippen LogP contribution in [0.15, 0.2) is 36.4 Å². The molecule has 9 heteroatoms. The van der Waals surface area contributed by atoms with Crippen LogP contribution in [0, 0.1) is 5.41 Å². The Morgan fingerprint density at radius 1 is 1.17 bits per heavy atom. The minimum atomic E-state index is -0.330. The number of ether oxygens (including phenoxy) is 1. The molecule has 0 spiro atoms. The Labute approximate surface area is 174 Å². The molecule has 0 unspecified atom stereocenters. The number of amidine groups is 1. The number of nitrogens with two attached hydrogens (primary N) is 1. The number of aliphatic hydroxyl groups excluding tert-OH is 2. The highest BCUT2D eigenvalue weighted by Crippen LogP contribution is 2.24. The first-order valence-corrected chi connectivity index (χ1v) is 9.34. The van der Waals surface area contributed by atoms with Gasteiger partial charge in [0.2, 0.25) is 0 Å². The van der Waals surface area contributed by atoms with Crippen molar-refractivity contribution in [2.45, 2.75) is 6.54 Å². The summed E-state index contributed by atoms with van der Waals surface area (Å²) in [5.74, 6) is 0.0512. The summed E-state index contributed by atoms with van der Waals surface area (Å²) in [5, 5.41) is 29.6. The molecule has 2 aromatic rings. The van der Waals surface area contributed by atoms with E-state index in [1.54, 1.807) is 41.3 Å². The second-order valence-corrected chi connectivity index (χ2v) is 6.69. The minimum Gasteiger partial charge on any atom is -0.497 e. The third-order valence-electron chi connectivity index (χ3n) is 4.29. The molecule has 0 fully saturated rings. The molecule has 6 N–H and O–H groups in total. The normalized spacial score (nSPS) is 10.5. The van der Waals surface area contributed by atoms with Crippen LogP contribution in [-0.4, -0.2) is 55.4 Å². The molecule has 29 heavy (non-hydrogen) atoms. The fourth-order valence-electron chi connectivity index (χ4n) is 2.86. The molecule has 8 nitrogen and oxygen atoms in total. The van der Waals surface area contributed by atoms with E-state index in [4.69, 9.17) is 27.5 Å². The lowest BCUT2D eigenvalue weighted by molar-refractivity contribution is 0.0950. The summed E-state index contributed by atoms with van der Waals surface area (Å²) in [4.78, 5) is 14.3. The van der Waals surface area contributed by atoms with Crippen molar-refractivity contribution in [1.29, 1.82) is 5.41 Å². The number of hydrogen-bond donors (Lipinski definition) is 5. The number of methoxy groups -OCH3 is 1. The Morgan fingerprint density at radius 2 is 1.86 bits per heavy atom. The maximum absolute atomic E-state index is 12.6. The van der Waals surface area contributed by atoms with E-state index in [1.165, 1.54) is 7.11 Å². The Kier molecular flexibility index (Phi) is 8.26. The first-order chi connectivity index (χ1) is 13.9. The molecular formula is C20H25ClN4O4. The molecule has 0 aliphatic rings. The summed E-state index contributed by atoms with van der Waals surface area (Å²) in [6.45, 7) is 0.536. The largest absolute Gasteiger partial charge is 0.497 e. The predicted octanol–water partition coefficient (Wildman–Crippen LogP) is 1.35. The molecule has 0 aromatic heterocycles. The van der Waals surface area contributed by atoms with Crippen LogP contribution in [0.4, 0.5) is 5.69 Å². The summed E-state index contributed by atoms with van der Waals surface area (Å²) >= 11 is 6.03. The van der Waals surface area contributed by atoms with Gasteiger partial charge in [0.15, 0.2) is 0 Å². The number of amides is 1. The predicted molar refractivity (Wildman–Crippen MR) is 113 cm³/mol. The van der Waals surface area contributed by atoms with Gasteiger partial charge in [0.1, 0.15) is 11.6 Å². The number of aliphatic hydroxyl groups is 2. The molecule has 1 amide bonds. The number of carbonyl (C=O) groups excluding carboxylic acids is 1. The molecule has 0 saturated carbocycles. The summed E-state index contributed by atoms with van der Waals surface area (Å²) in [5.41, 5.74) is 7.88. The van der Waals surface area contributed by atoms with E-state index in [9.17, 15) is 15.0 Å². The van der Waals surface area contributed by atoms with Crippen LogP contribution in [0.2, 0.25) is 5.02 Å². The van der Waals surface area contributed by atoms with Gasteiger partial charge in [0.25, 0.3) is 5.91 Å². The van der Waals surface area contributed by atoms with Gasteiger partial charge < -0.3 is 30.9 Å². The number of rotatable bonds is 10. The van der Waals surface area contributed by atoms with E-state index in [1.807, 2.05) is 0 Å². The molecular weight excluding hydrogens is 396 g/mol. The lowest BCUT2D eigenvalue weighted by atomic mass is 10.1. The smallest absolute Gasteiger partial charge is 0.251 e. The standard InChI is InChI=1S/C20H25ClN4O4/c1-29-17-9-15(8-16(21)11-17)20(28)24-12-14-3-2-13(19(22)23)10-18(14)25(4-6-26)5-7-27/h2-3,8-11,26-27H,4-7,12H2,1H3,(H3,22,23)(H,24,28). The molecule has 0 aliphatic carbocycles. The van der Waals surface area contributed by atoms with Gasteiger partial charge in [-0.05, 0) is 29.8 Å². The third-order valence-corrected chi connectivity index (χ3v) is 4.50. The van der Waals surface area contributed by atoms with Crippen molar-refractivity contribution in [3.05, 3.63) is 58.1 Å². The second-order valence-electron chi connectivity index (χ2n) is 6.25. The number of hydrogen-bond acceptors (Lipinski definition) is 6. The first-order valence-electron chi connectivity index (χ1n) is 8.96. The highest BCUT2D eigenvalue weighted by Gasteiger charge is 2.15. The van der Waals surface area contributed by atoms with Gasteiger partial charge in [-0.25, -0.2) is 0 Å². The second kappa shape index (κ2) is 10.7. The number of nitrogens with zero attached hydrogens (tertiary/aromatic N) is 1. The van der Waals surface area contributed by atoms with Crippen molar-refractivity contribution in [3.63, 3.8) is 0 Å². The number of nitrogen functional groups attached to an aromatic ring is 1. The van der Waals surface area contributed by atoms with Crippen LogP contribution in [0.1, 0.15) is 21.5 Å². The summed E-state index contributed by atoms with van der Waals surface area (Å²) in [7, 11) is 1.49. The molecule has 2 aromatic carbocycles. The molecule has 0 atom stereocenters. The van der Waals surface area contributed by atoms with E-state index in [2.05, 4.69) is 5.32 Å². The van der Waals surface area contributed by atoms with Gasteiger partial charge in [-0.1, -0.05) is 23.7 Å². The number of nitrogens with one attached hydrogen (secondary N) is 2. The van der Waals surface area contributed by atoms with Crippen molar-refractivity contribution in [2.75, 3.05) is 38.3 Å². The van der Waals surface area contributed by atoms with Crippen LogP contribution in [0.25, 0.3) is 0 Å². The van der Waals surface area contributed by atoms with Crippen LogP contribution in [0.5, 0.6) is 5.75 Å². The van der Waals surface area contributed by atoms with Gasteiger partial charge in [-0.2, -0.15) is 0 Å². The Morgan fingerprint density at radius 3 is 2.45 bits per heavy atom. The average molecular weight is 421 g/mol. The SMILES string of the molecule is COc1cc(Cl)cc(C(=O)NCc2ccc(C(=N)N)cc2N(CCO)CCO)c1. The number of benzene rings is 2. The van der Waals surface area contributed by atoms with E-state index in [0.29, 0.717) is 27.6 Å². The topological polar surface area (TPSA) is 132 Å². The van der Waals surface area contributed by atoms with E-state index in [-0.39, 0.29) is 44.6 Å². The van der Waals surface area contributed by atoms with E-state index in [0.717, 1.165) is 5.56 Å². The fraction of sp³-hybridized carbons (Fsp3) is 0.300. The Balaban J connectivity index is 2.28. The lowest BCUT2D eigenvalue weighted by Crippen LogP contribution is -2.32. The average Bonchev–Trinajstić information content (AvgIpc) is 2.71. The van der Waals surface area contributed by atoms with Crippen molar-refractivity contribution in [1.82, 2.24) is 5.32 Å². The van der Waals surface area contributed by atoms with Crippen molar-refractivity contribution >= 4 is 29.0 Å². The zero-order valence-electron chi connectivity index (χ0n) is 16.1. The number of anilines is 1. The minimum absolute atomic E-state index is 0.0965. The first kappa shape index (κ1) is 22.5. The highest BCUT2D eigenvalue weighted by atomic mass is 35.5. The van der Waals surface area contributed by atoms with Gasteiger partial charge in [0, 0.05) is 41.5 Å². The molecule has 2 rings (SSSR count). The van der Waals surface area contributed by atoms with Crippen LogP contribution in [0.3, 0.4) is 0 Å². The number of carbonyl (C=O) groups is 1. The van der Waals surface area contributed by atoms with Crippen molar-refractivity contribution in [2.24, 2.45) is 5.73 Å². The van der Waals surface area contributed by atoms with Crippen molar-refractivity contribution < 1.29 is 19.7 Å². The summed E-state index contributed by atoms with van der Waals surface area (Å²) in [6, 6.07) is 9.89. The van der Waals surface area contributed by atoms with Gasteiger partial charge in [-0.15, -0.1) is 0 Å². The zero-order chi connectivity index (χ0) is 21.4. The van der Waals surface area contributed by atoms with Crippen LogP contribution < -0.4 is 20.7 Å². The van der Waals surface area contributed by atoms with E-state index >= 15 is 0 Å². The molecule has 0 heterocycles. The molecule has 0 saturated heterocycles. The van der Waals surface area contributed by atoms with Gasteiger partial charge in [0.05, 0.1) is 20.3 Å². The Bertz CT molecular complexity index is 870. The molecule has 0 radical (unpaired) electrons. The maximum Gasteiger partial charge on any atom is 0.251 e. The van der Waals surface area contributed by atoms with Crippen LogP contribution in [-0.2, 0) is 6.54 Å². The Hall–Kier alpha value is -2.81.